The number of carbonyl (C=O) groups is 1. The number of ether oxygens (including phenoxy) is 1. The summed E-state index contributed by atoms with van der Waals surface area (Å²) in [5.41, 5.74) is -3.04. The summed E-state index contributed by atoms with van der Waals surface area (Å²) >= 11 is 0. The zero-order chi connectivity index (χ0) is 33.1. The van der Waals surface area contributed by atoms with Gasteiger partial charge in [0.25, 0.3) is 0 Å². The van der Waals surface area contributed by atoms with E-state index in [0.717, 1.165) is 32.0 Å². The normalized spacial score (nSPS) is 18.3. The topological polar surface area (TPSA) is 83.1 Å². The molecule has 0 aliphatic carbocycles. The molecule has 0 unspecified atom stereocenters. The summed E-state index contributed by atoms with van der Waals surface area (Å²) in [6.45, 7) is 2.44. The minimum atomic E-state index is -5.02. The molecule has 1 amide bonds. The van der Waals surface area contributed by atoms with Gasteiger partial charge < -0.3 is 9.64 Å². The zero-order valence-corrected chi connectivity index (χ0v) is 24.5. The Kier molecular flexibility index (Phi) is 9.41. The number of anilines is 2. The van der Waals surface area contributed by atoms with Gasteiger partial charge in [-0.2, -0.15) is 35.9 Å². The van der Waals surface area contributed by atoms with Crippen LogP contribution in [0.3, 0.4) is 0 Å². The molecule has 1 spiro atoms. The molecule has 0 saturated carbocycles. The van der Waals surface area contributed by atoms with Crippen LogP contribution < -0.4 is 9.80 Å². The molecule has 46 heavy (non-hydrogen) atoms. The number of carbonyl (C=O) groups excluding carboxylic acids is 3. The Bertz CT molecular complexity index is 1560. The summed E-state index contributed by atoms with van der Waals surface area (Å²) in [7, 11) is 0. The third-order valence-corrected chi connectivity index (χ3v) is 8.52. The molecule has 0 radical (unpaired) electrons. The summed E-state index contributed by atoms with van der Waals surface area (Å²) in [5, 5.41) is 0. The Morgan fingerprint density at radius 3 is 2.09 bits per heavy atom. The van der Waals surface area contributed by atoms with E-state index >= 15 is 0 Å². The van der Waals surface area contributed by atoms with Gasteiger partial charge in [-0.15, -0.1) is 0 Å². The molecule has 4 heterocycles. The maximum Gasteiger partial charge on any atom is 0.417 e. The highest BCUT2D eigenvalue weighted by atomic mass is 19.4. The zero-order valence-electron chi connectivity index (χ0n) is 24.5. The monoisotopic (exact) mass is 648 g/mol. The summed E-state index contributed by atoms with van der Waals surface area (Å²) in [6, 6.07) is 13.2. The third kappa shape index (κ3) is 7.18. The van der Waals surface area contributed by atoms with Gasteiger partial charge in [0.2, 0.25) is 0 Å². The molecule has 3 aliphatic rings. The average molecular weight is 649 g/mol. The van der Waals surface area contributed by atoms with Gasteiger partial charge in [0.1, 0.15) is 11.4 Å². The van der Waals surface area contributed by atoms with E-state index in [1.54, 1.807) is 23.1 Å². The second-order valence-electron chi connectivity index (χ2n) is 11.5. The average Bonchev–Trinajstić information content (AvgIpc) is 3.67. The predicted molar refractivity (Wildman–Crippen MR) is 154 cm³/mol. The van der Waals surface area contributed by atoms with Gasteiger partial charge in [-0.05, 0) is 60.4 Å². The van der Waals surface area contributed by atoms with Crippen LogP contribution in [0.15, 0.2) is 60.8 Å². The fraction of sp³-hybridized carbons (Fsp3) is 0.406. The first kappa shape index (κ1) is 33.0. The standard InChI is InChI=1S/C31H30F6N4O2.CO2/c32-30(33,34)23-16-22(19-39-14-10-29(11-15-39)20-41(28(42)43-29)24-6-2-1-3-7-24)27(25(17-23)31(35,36)37)21-8-9-26(38-18-21)40-12-4-5-13-40;2-1-3/h1-3,6-9,16-18H,4-5,10-15,19-20H2;. The quantitative estimate of drug-likeness (QED) is 0.282. The van der Waals surface area contributed by atoms with Crippen LogP contribution in [0.1, 0.15) is 42.4 Å². The van der Waals surface area contributed by atoms with Crippen LogP contribution in [0.25, 0.3) is 11.1 Å². The van der Waals surface area contributed by atoms with Gasteiger partial charge in [0.05, 0.1) is 17.7 Å². The highest BCUT2D eigenvalue weighted by Gasteiger charge is 2.48. The SMILES string of the molecule is O=C1OC2(CCN(Cc3cc(C(F)(F)F)cc(C(F)(F)F)c3-c3ccc(N4CCCC4)nc3)CC2)CN1c1ccccc1.O=C=O. The van der Waals surface area contributed by atoms with Crippen LogP contribution in [0.4, 0.5) is 42.6 Å². The van der Waals surface area contributed by atoms with Gasteiger partial charge in [0, 0.05) is 63.0 Å². The molecular formula is C32H30F6N4O4. The first-order chi connectivity index (χ1) is 21.8. The molecular weight excluding hydrogens is 618 g/mol. The van der Waals surface area contributed by atoms with E-state index in [0.29, 0.717) is 44.0 Å². The molecule has 0 N–H and O–H groups in total. The van der Waals surface area contributed by atoms with Gasteiger partial charge in [-0.1, -0.05) is 18.2 Å². The highest BCUT2D eigenvalue weighted by molar-refractivity contribution is 5.90. The number of para-hydroxylation sites is 1. The van der Waals surface area contributed by atoms with Crippen LogP contribution in [0.2, 0.25) is 0 Å². The number of rotatable bonds is 5. The van der Waals surface area contributed by atoms with Crippen molar-refractivity contribution in [1.29, 1.82) is 0 Å². The van der Waals surface area contributed by atoms with Gasteiger partial charge in [-0.25, -0.2) is 9.78 Å². The fourth-order valence-electron chi connectivity index (χ4n) is 6.27. The lowest BCUT2D eigenvalue weighted by atomic mass is 9.89. The van der Waals surface area contributed by atoms with Crippen molar-refractivity contribution in [2.24, 2.45) is 0 Å². The first-order valence-electron chi connectivity index (χ1n) is 14.6. The van der Waals surface area contributed by atoms with E-state index in [1.165, 1.54) is 12.3 Å². The molecule has 244 valence electrons. The van der Waals surface area contributed by atoms with Crippen LogP contribution in [-0.4, -0.2) is 60.5 Å². The number of piperidine rings is 1. The van der Waals surface area contributed by atoms with E-state index in [1.807, 2.05) is 28.0 Å². The Morgan fingerprint density at radius 2 is 1.52 bits per heavy atom. The van der Waals surface area contributed by atoms with E-state index < -0.39 is 35.2 Å². The van der Waals surface area contributed by atoms with Crippen LogP contribution in [-0.2, 0) is 33.2 Å². The van der Waals surface area contributed by atoms with Crippen molar-refractivity contribution in [3.8, 4) is 11.1 Å². The number of hydrogen-bond acceptors (Lipinski definition) is 7. The molecule has 8 nitrogen and oxygen atoms in total. The summed E-state index contributed by atoms with van der Waals surface area (Å²) < 4.78 is 90.3. The number of likely N-dealkylation sites (tertiary alicyclic amines) is 1. The maximum atomic E-state index is 14.3. The first-order valence-corrected chi connectivity index (χ1v) is 14.6. The molecule has 0 atom stereocenters. The summed E-state index contributed by atoms with van der Waals surface area (Å²) in [4.78, 5) is 38.7. The van der Waals surface area contributed by atoms with E-state index in [-0.39, 0.29) is 35.5 Å². The van der Waals surface area contributed by atoms with Crippen molar-refractivity contribution in [3.05, 3.63) is 77.5 Å². The molecule has 3 aliphatic heterocycles. The largest absolute Gasteiger partial charge is 0.441 e. The molecule has 1 aromatic heterocycles. The lowest BCUT2D eigenvalue weighted by Crippen LogP contribution is -2.46. The fourth-order valence-corrected chi connectivity index (χ4v) is 6.27. The van der Waals surface area contributed by atoms with E-state index in [9.17, 15) is 31.1 Å². The van der Waals surface area contributed by atoms with Crippen molar-refractivity contribution in [3.63, 3.8) is 0 Å². The van der Waals surface area contributed by atoms with Crippen molar-refractivity contribution < 1.29 is 45.5 Å². The van der Waals surface area contributed by atoms with Crippen LogP contribution in [0.5, 0.6) is 0 Å². The molecule has 3 fully saturated rings. The maximum absolute atomic E-state index is 14.3. The van der Waals surface area contributed by atoms with Crippen molar-refractivity contribution in [2.75, 3.05) is 42.5 Å². The third-order valence-electron chi connectivity index (χ3n) is 8.52. The van der Waals surface area contributed by atoms with Gasteiger partial charge in [-0.3, -0.25) is 9.80 Å². The van der Waals surface area contributed by atoms with Crippen LogP contribution >= 0.6 is 0 Å². The lowest BCUT2D eigenvalue weighted by Gasteiger charge is -2.37. The number of aromatic nitrogens is 1. The van der Waals surface area contributed by atoms with E-state index in [2.05, 4.69) is 4.98 Å². The Hall–Kier alpha value is -4.42. The van der Waals surface area contributed by atoms with Crippen molar-refractivity contribution in [2.45, 2.75) is 50.2 Å². The van der Waals surface area contributed by atoms with Gasteiger partial charge >= 0.3 is 24.6 Å². The second-order valence-corrected chi connectivity index (χ2v) is 11.5. The van der Waals surface area contributed by atoms with Crippen molar-refractivity contribution >= 4 is 23.7 Å². The molecule has 6 rings (SSSR count). The lowest BCUT2D eigenvalue weighted by molar-refractivity contribution is -0.191. The Balaban J connectivity index is 0.00000134. The predicted octanol–water partition coefficient (Wildman–Crippen LogP) is 6.79. The molecule has 3 saturated heterocycles. The number of benzene rings is 2. The molecule has 14 heteroatoms. The summed E-state index contributed by atoms with van der Waals surface area (Å²) in [6.07, 6.45) is -6.12. The summed E-state index contributed by atoms with van der Waals surface area (Å²) in [5.74, 6) is 0.625. The van der Waals surface area contributed by atoms with Crippen molar-refractivity contribution in [1.82, 2.24) is 9.88 Å². The van der Waals surface area contributed by atoms with Gasteiger partial charge in [0.15, 0.2) is 0 Å². The number of amides is 1. The smallest absolute Gasteiger partial charge is 0.417 e. The van der Waals surface area contributed by atoms with E-state index in [4.69, 9.17) is 14.3 Å². The van der Waals surface area contributed by atoms with Crippen LogP contribution in [0, 0.1) is 0 Å². The second kappa shape index (κ2) is 13.1. The Morgan fingerprint density at radius 1 is 0.870 bits per heavy atom. The number of hydrogen-bond donors (Lipinski definition) is 0. The number of halogens is 6. The molecule has 0 bridgehead atoms. The highest BCUT2D eigenvalue weighted by Crippen LogP contribution is 2.44. The number of alkyl halides is 6. The molecule has 3 aromatic rings. The molecule has 2 aromatic carbocycles. The Labute approximate surface area is 260 Å². The minimum Gasteiger partial charge on any atom is -0.441 e. The number of pyridine rings is 1. The number of nitrogens with zero attached hydrogens (tertiary/aromatic N) is 4. The minimum absolute atomic E-state index is 0.0804.